The highest BCUT2D eigenvalue weighted by molar-refractivity contribution is 7.85. The Morgan fingerprint density at radius 2 is 1.21 bits per heavy atom. The molecular formula is C44H44O7S. The van der Waals surface area contributed by atoms with E-state index in [1.165, 1.54) is 25.3 Å². The molecule has 0 aliphatic heterocycles. The minimum Gasteiger partial charge on any atom is -0.426 e. The average molecular weight is 717 g/mol. The third-order valence-corrected chi connectivity index (χ3v) is 14.0. The van der Waals surface area contributed by atoms with Crippen molar-refractivity contribution in [3.05, 3.63) is 124 Å². The highest BCUT2D eigenvalue weighted by Crippen LogP contribution is 2.64. The molecule has 0 saturated heterocycles. The van der Waals surface area contributed by atoms with E-state index in [-0.39, 0.29) is 34.4 Å². The number of hydrogen-bond donors (Lipinski definition) is 1. The number of ether oxygens (including phenoxy) is 2. The minimum atomic E-state index is -4.50. The summed E-state index contributed by atoms with van der Waals surface area (Å²) in [5.41, 5.74) is 5.62. The Bertz CT molecular complexity index is 2150. The van der Waals surface area contributed by atoms with Crippen LogP contribution < -0.4 is 9.47 Å². The van der Waals surface area contributed by atoms with Crippen molar-refractivity contribution in [2.75, 3.05) is 0 Å². The first-order valence-electron chi connectivity index (χ1n) is 18.7. The standard InChI is InChI=1S/C44H44O7S/c1-24(2)34-20-36(25(3)16-37(34)52(47,48)49)50-42(45)41-39-31-12-6-4-10-29(31)38(30-11-5-7-13-32(30)39)40(41)33-14-8-9-15-35(33)51-43(46)44-21-26-17-27(22-44)19-28(18-26)23-44/h4-16,20,24,26-28,38-41H,17-19,21-23H2,1-3H3,(H,47,48,49). The minimum absolute atomic E-state index is 0.129. The van der Waals surface area contributed by atoms with E-state index in [0.29, 0.717) is 34.6 Å². The maximum atomic E-state index is 14.9. The number of hydrogen-bond acceptors (Lipinski definition) is 6. The van der Waals surface area contributed by atoms with Crippen LogP contribution in [0, 0.1) is 36.0 Å². The summed E-state index contributed by atoms with van der Waals surface area (Å²) in [7, 11) is -4.50. The quantitative estimate of drug-likeness (QED) is 0.116. The Kier molecular flexibility index (Phi) is 7.83. The van der Waals surface area contributed by atoms with Crippen molar-refractivity contribution in [3.63, 3.8) is 0 Å². The van der Waals surface area contributed by atoms with Crippen LogP contribution in [0.3, 0.4) is 0 Å². The molecular weight excluding hydrogens is 673 g/mol. The molecule has 2 unspecified atom stereocenters. The van der Waals surface area contributed by atoms with Crippen LogP contribution in [0.15, 0.2) is 89.8 Å². The van der Waals surface area contributed by atoms with Crippen LogP contribution in [0.4, 0.5) is 0 Å². The molecule has 4 saturated carbocycles. The van der Waals surface area contributed by atoms with E-state index in [1.54, 1.807) is 13.0 Å². The fraction of sp³-hybridized carbons (Fsp3) is 0.409. The molecule has 1 N–H and O–H groups in total. The maximum Gasteiger partial charge on any atom is 0.317 e. The summed E-state index contributed by atoms with van der Waals surface area (Å²) >= 11 is 0. The maximum absolute atomic E-state index is 14.9. The topological polar surface area (TPSA) is 107 Å². The van der Waals surface area contributed by atoms with Gasteiger partial charge in [-0.3, -0.25) is 14.1 Å². The molecule has 0 radical (unpaired) electrons. The van der Waals surface area contributed by atoms with Crippen molar-refractivity contribution in [2.24, 2.45) is 29.1 Å². The van der Waals surface area contributed by atoms with Crippen LogP contribution in [-0.4, -0.2) is 24.9 Å². The molecule has 0 aromatic heterocycles. The lowest BCUT2D eigenvalue weighted by Crippen LogP contribution is -2.51. The number of carbonyl (C=O) groups excluding carboxylic acids is 2. The van der Waals surface area contributed by atoms with Gasteiger partial charge in [0, 0.05) is 17.8 Å². The van der Waals surface area contributed by atoms with Gasteiger partial charge in [-0.05, 0) is 126 Å². The second-order valence-electron chi connectivity index (χ2n) is 16.6. The number of benzene rings is 4. The number of para-hydroxylation sites is 1. The van der Waals surface area contributed by atoms with Gasteiger partial charge >= 0.3 is 11.9 Å². The molecule has 4 fully saturated rings. The highest BCUT2D eigenvalue weighted by atomic mass is 32.2. The van der Waals surface area contributed by atoms with Crippen molar-refractivity contribution in [3.8, 4) is 11.5 Å². The smallest absolute Gasteiger partial charge is 0.317 e. The van der Waals surface area contributed by atoms with Gasteiger partial charge < -0.3 is 9.47 Å². The summed E-state index contributed by atoms with van der Waals surface area (Å²) in [6.07, 6.45) is 6.39. The molecule has 2 atom stereocenters. The molecule has 7 aliphatic rings. The zero-order valence-electron chi connectivity index (χ0n) is 29.7. The van der Waals surface area contributed by atoms with Crippen LogP contribution in [0.5, 0.6) is 11.5 Å². The van der Waals surface area contributed by atoms with E-state index < -0.39 is 33.3 Å². The van der Waals surface area contributed by atoms with Crippen molar-refractivity contribution in [1.29, 1.82) is 0 Å². The Labute approximate surface area is 305 Å². The average Bonchev–Trinajstić information content (AvgIpc) is 3.11. The van der Waals surface area contributed by atoms with E-state index in [2.05, 4.69) is 24.3 Å². The third-order valence-electron chi connectivity index (χ3n) is 13.1. The molecule has 4 aromatic carbocycles. The number of esters is 2. The normalized spacial score (nSPS) is 29.4. The molecule has 0 spiro atoms. The van der Waals surface area contributed by atoms with Gasteiger partial charge in [-0.15, -0.1) is 0 Å². The highest BCUT2D eigenvalue weighted by Gasteiger charge is 2.57. The molecule has 0 heterocycles. The van der Waals surface area contributed by atoms with Gasteiger partial charge in [0.1, 0.15) is 11.5 Å². The van der Waals surface area contributed by atoms with E-state index >= 15 is 0 Å². The fourth-order valence-electron chi connectivity index (χ4n) is 11.4. The molecule has 52 heavy (non-hydrogen) atoms. The molecule has 11 rings (SSSR count). The summed E-state index contributed by atoms with van der Waals surface area (Å²) in [5.74, 6) is 0.0922. The van der Waals surface area contributed by atoms with Gasteiger partial charge in [0.05, 0.1) is 16.2 Å². The molecule has 0 amide bonds. The Morgan fingerprint density at radius 1 is 0.712 bits per heavy atom. The Morgan fingerprint density at radius 3 is 1.73 bits per heavy atom. The second-order valence-corrected chi connectivity index (χ2v) is 18.0. The van der Waals surface area contributed by atoms with Gasteiger partial charge in [0.15, 0.2) is 0 Å². The number of fused-ring (bicyclic) bond motifs is 1. The first kappa shape index (κ1) is 33.6. The Balaban J connectivity index is 1.15. The van der Waals surface area contributed by atoms with Crippen LogP contribution in [-0.2, 0) is 19.7 Å². The number of rotatable bonds is 7. The number of carbonyl (C=O) groups is 2. The predicted octanol–water partition coefficient (Wildman–Crippen LogP) is 9.08. The van der Waals surface area contributed by atoms with Crippen molar-refractivity contribution >= 4 is 22.1 Å². The van der Waals surface area contributed by atoms with Crippen LogP contribution in [0.25, 0.3) is 0 Å². The van der Waals surface area contributed by atoms with Crippen LogP contribution in [0.1, 0.15) is 115 Å². The molecule has 7 aliphatic carbocycles. The van der Waals surface area contributed by atoms with Crippen LogP contribution in [0.2, 0.25) is 0 Å². The summed E-state index contributed by atoms with van der Waals surface area (Å²) in [4.78, 5) is 29.1. The first-order valence-corrected chi connectivity index (χ1v) is 20.2. The molecule has 6 bridgehead atoms. The van der Waals surface area contributed by atoms with Crippen molar-refractivity contribution in [1.82, 2.24) is 0 Å². The lowest BCUT2D eigenvalue weighted by Gasteiger charge is -2.55. The lowest BCUT2D eigenvalue weighted by molar-refractivity contribution is -0.161. The van der Waals surface area contributed by atoms with Crippen LogP contribution >= 0.6 is 0 Å². The molecule has 8 heteroatoms. The molecule has 7 nitrogen and oxygen atoms in total. The SMILES string of the molecule is Cc1cc(S(=O)(=O)O)c(C(C)C)cc1OC(=O)C1C2c3ccccc3C(c3ccccc32)C1c1ccccc1OC(=O)C12CC3CC(CC(C3)C1)C2. The Hall–Kier alpha value is -4.27. The molecule has 268 valence electrons. The lowest BCUT2D eigenvalue weighted by atomic mass is 9.49. The third kappa shape index (κ3) is 5.27. The summed E-state index contributed by atoms with van der Waals surface area (Å²) < 4.78 is 47.5. The summed E-state index contributed by atoms with van der Waals surface area (Å²) in [6, 6.07) is 27.3. The fourth-order valence-corrected chi connectivity index (χ4v) is 12.3. The monoisotopic (exact) mass is 716 g/mol. The summed E-state index contributed by atoms with van der Waals surface area (Å²) in [5, 5.41) is 0. The van der Waals surface area contributed by atoms with Gasteiger partial charge in [-0.25, -0.2) is 0 Å². The second kappa shape index (κ2) is 12.1. The zero-order valence-corrected chi connectivity index (χ0v) is 30.6. The number of aryl methyl sites for hydroxylation is 1. The van der Waals surface area contributed by atoms with E-state index in [0.717, 1.165) is 47.1 Å². The van der Waals surface area contributed by atoms with Crippen molar-refractivity contribution < 1.29 is 32.0 Å². The van der Waals surface area contributed by atoms with Gasteiger partial charge in [-0.1, -0.05) is 80.6 Å². The largest absolute Gasteiger partial charge is 0.426 e. The van der Waals surface area contributed by atoms with Gasteiger partial charge in [0.25, 0.3) is 10.1 Å². The summed E-state index contributed by atoms with van der Waals surface area (Å²) in [6.45, 7) is 5.34. The van der Waals surface area contributed by atoms with Gasteiger partial charge in [0.2, 0.25) is 0 Å². The van der Waals surface area contributed by atoms with E-state index in [1.807, 2.05) is 62.4 Å². The first-order chi connectivity index (χ1) is 24.9. The van der Waals surface area contributed by atoms with Gasteiger partial charge in [-0.2, -0.15) is 8.42 Å². The zero-order chi connectivity index (χ0) is 36.1. The van der Waals surface area contributed by atoms with E-state index in [9.17, 15) is 22.6 Å². The van der Waals surface area contributed by atoms with Crippen molar-refractivity contribution in [2.45, 2.75) is 87.9 Å². The molecule has 4 aromatic rings. The van der Waals surface area contributed by atoms with E-state index in [4.69, 9.17) is 9.47 Å². The predicted molar refractivity (Wildman–Crippen MR) is 196 cm³/mol.